The maximum absolute atomic E-state index is 9.05. The zero-order valence-corrected chi connectivity index (χ0v) is 14.4. The second kappa shape index (κ2) is 8.13. The number of benzene rings is 2. The summed E-state index contributed by atoms with van der Waals surface area (Å²) in [6.07, 6.45) is 0.739. The monoisotopic (exact) mass is 340 g/mol. The van der Waals surface area contributed by atoms with Gasteiger partial charge in [0.15, 0.2) is 0 Å². The number of rotatable bonds is 7. The molecule has 4 nitrogen and oxygen atoms in total. The fraction of sp³-hybridized carbons (Fsp3) is 0.263. The van der Waals surface area contributed by atoms with Crippen molar-refractivity contribution in [2.45, 2.75) is 36.8 Å². The summed E-state index contributed by atoms with van der Waals surface area (Å²) in [5.41, 5.74) is 3.35. The molecule has 0 aliphatic heterocycles. The molecule has 0 saturated heterocycles. The van der Waals surface area contributed by atoms with Gasteiger partial charge in [0.05, 0.1) is 6.61 Å². The van der Waals surface area contributed by atoms with Crippen LogP contribution in [0, 0.1) is 0 Å². The van der Waals surface area contributed by atoms with Crippen LogP contribution in [0.2, 0.25) is 0 Å². The number of aromatic nitrogens is 2. The van der Waals surface area contributed by atoms with Gasteiger partial charge in [-0.3, -0.25) is 0 Å². The van der Waals surface area contributed by atoms with Crippen molar-refractivity contribution < 1.29 is 9.52 Å². The van der Waals surface area contributed by atoms with Crippen molar-refractivity contribution in [1.29, 1.82) is 0 Å². The lowest BCUT2D eigenvalue weighted by molar-refractivity contribution is 0.282. The normalized spacial score (nSPS) is 12.2. The Kier molecular flexibility index (Phi) is 5.67. The van der Waals surface area contributed by atoms with E-state index in [9.17, 15) is 0 Å². The Bertz CT molecular complexity index is 757. The maximum Gasteiger partial charge on any atom is 0.276 e. The van der Waals surface area contributed by atoms with Crippen LogP contribution < -0.4 is 0 Å². The lowest BCUT2D eigenvalue weighted by Gasteiger charge is -2.08. The average molecular weight is 340 g/mol. The number of hydrogen-bond acceptors (Lipinski definition) is 5. The topological polar surface area (TPSA) is 59.2 Å². The lowest BCUT2D eigenvalue weighted by atomic mass is 9.98. The van der Waals surface area contributed by atoms with Crippen LogP contribution >= 0.6 is 11.8 Å². The zero-order valence-electron chi connectivity index (χ0n) is 13.6. The Labute approximate surface area is 145 Å². The minimum Gasteiger partial charge on any atom is -0.416 e. The van der Waals surface area contributed by atoms with Gasteiger partial charge in [0.2, 0.25) is 5.89 Å². The van der Waals surface area contributed by atoms with Crippen molar-refractivity contribution in [1.82, 2.24) is 10.2 Å². The van der Waals surface area contributed by atoms with Crippen molar-refractivity contribution in [3.8, 4) is 0 Å². The highest BCUT2D eigenvalue weighted by Gasteiger charge is 2.12. The van der Waals surface area contributed by atoms with Crippen molar-refractivity contribution in [3.63, 3.8) is 0 Å². The molecule has 1 heterocycles. The first-order chi connectivity index (χ1) is 11.7. The molecule has 124 valence electrons. The first-order valence-electron chi connectivity index (χ1n) is 7.93. The minimum absolute atomic E-state index is 0.0695. The Balaban J connectivity index is 1.55. The van der Waals surface area contributed by atoms with Crippen LogP contribution in [-0.2, 0) is 18.8 Å². The van der Waals surface area contributed by atoms with Crippen molar-refractivity contribution in [2.75, 3.05) is 0 Å². The van der Waals surface area contributed by atoms with E-state index in [0.717, 1.165) is 23.3 Å². The van der Waals surface area contributed by atoms with Crippen molar-refractivity contribution in [2.24, 2.45) is 0 Å². The molecule has 2 aromatic carbocycles. The van der Waals surface area contributed by atoms with E-state index >= 15 is 0 Å². The van der Waals surface area contributed by atoms with Gasteiger partial charge in [-0.05, 0) is 22.6 Å². The van der Waals surface area contributed by atoms with Crippen LogP contribution in [0.25, 0.3) is 0 Å². The molecule has 5 heteroatoms. The van der Waals surface area contributed by atoms with E-state index in [1.54, 1.807) is 0 Å². The summed E-state index contributed by atoms with van der Waals surface area (Å²) >= 11 is 1.53. The molecule has 1 aromatic heterocycles. The van der Waals surface area contributed by atoms with Crippen molar-refractivity contribution in [3.05, 3.63) is 77.2 Å². The summed E-state index contributed by atoms with van der Waals surface area (Å²) in [4.78, 5) is 0. The Morgan fingerprint density at radius 1 is 1.00 bits per heavy atom. The summed E-state index contributed by atoms with van der Waals surface area (Å²) in [6.45, 7) is 2.23. The fourth-order valence-electron chi connectivity index (χ4n) is 2.43. The quantitative estimate of drug-likeness (QED) is 0.653. The molecule has 0 fully saturated rings. The summed E-state index contributed by atoms with van der Waals surface area (Å²) in [7, 11) is 0. The minimum atomic E-state index is 0.0695. The molecule has 24 heavy (non-hydrogen) atoms. The third-order valence-electron chi connectivity index (χ3n) is 3.87. The van der Waals surface area contributed by atoms with Gasteiger partial charge in [0.1, 0.15) is 0 Å². The van der Waals surface area contributed by atoms with Gasteiger partial charge in [-0.15, -0.1) is 10.2 Å². The smallest absolute Gasteiger partial charge is 0.276 e. The second-order valence-corrected chi connectivity index (χ2v) is 6.67. The third kappa shape index (κ3) is 4.46. The number of thioether (sulfide) groups is 1. The highest BCUT2D eigenvalue weighted by atomic mass is 32.2. The van der Waals surface area contributed by atoms with E-state index in [1.807, 2.05) is 42.5 Å². The Hall–Kier alpha value is -2.11. The molecule has 0 bridgehead atoms. The summed E-state index contributed by atoms with van der Waals surface area (Å²) in [5, 5.41) is 17.9. The van der Waals surface area contributed by atoms with Crippen LogP contribution in [0.1, 0.15) is 35.4 Å². The molecule has 0 saturated carbocycles. The molecular weight excluding hydrogens is 320 g/mol. The molecule has 3 rings (SSSR count). The molecule has 0 amide bonds. The Morgan fingerprint density at radius 2 is 1.71 bits per heavy atom. The van der Waals surface area contributed by atoms with E-state index in [0.29, 0.717) is 17.0 Å². The van der Waals surface area contributed by atoms with E-state index in [4.69, 9.17) is 9.52 Å². The average Bonchev–Trinajstić information content (AvgIpc) is 3.08. The van der Waals surface area contributed by atoms with Crippen LogP contribution in [0.15, 0.2) is 64.2 Å². The zero-order chi connectivity index (χ0) is 16.8. The lowest BCUT2D eigenvalue weighted by Crippen LogP contribution is -1.98. The maximum atomic E-state index is 9.05. The SMILES string of the molecule is CC(Cc1nnc(SCc2ccc(CO)cc2)o1)c1ccccc1. The molecule has 1 atom stereocenters. The van der Waals surface area contributed by atoms with E-state index < -0.39 is 0 Å². The molecule has 0 radical (unpaired) electrons. The van der Waals surface area contributed by atoms with E-state index in [1.165, 1.54) is 17.3 Å². The van der Waals surface area contributed by atoms with Gasteiger partial charge in [-0.25, -0.2) is 0 Å². The summed E-state index contributed by atoms with van der Waals surface area (Å²) in [6, 6.07) is 18.2. The van der Waals surface area contributed by atoms with Gasteiger partial charge in [-0.1, -0.05) is 73.3 Å². The predicted molar refractivity (Wildman–Crippen MR) is 94.8 cm³/mol. The highest BCUT2D eigenvalue weighted by Crippen LogP contribution is 2.24. The standard InChI is InChI=1S/C19H20N2O2S/c1-14(17-5-3-2-4-6-17)11-18-20-21-19(23-18)24-13-16-9-7-15(12-22)8-10-16/h2-10,14,22H,11-13H2,1H3. The number of hydrogen-bond donors (Lipinski definition) is 1. The van der Waals surface area contributed by atoms with Gasteiger partial charge in [0, 0.05) is 12.2 Å². The third-order valence-corrected chi connectivity index (χ3v) is 4.76. The first kappa shape index (κ1) is 16.7. The van der Waals surface area contributed by atoms with Gasteiger partial charge >= 0.3 is 0 Å². The van der Waals surface area contributed by atoms with E-state index in [-0.39, 0.29) is 6.61 Å². The predicted octanol–water partition coefficient (Wildman–Crippen LogP) is 4.20. The first-order valence-corrected chi connectivity index (χ1v) is 8.92. The Morgan fingerprint density at radius 3 is 2.42 bits per heavy atom. The molecular formula is C19H20N2O2S. The summed E-state index contributed by atoms with van der Waals surface area (Å²) < 4.78 is 5.74. The van der Waals surface area contributed by atoms with Crippen LogP contribution in [0.3, 0.4) is 0 Å². The van der Waals surface area contributed by atoms with Crippen LogP contribution in [-0.4, -0.2) is 15.3 Å². The molecule has 0 aliphatic carbocycles. The van der Waals surface area contributed by atoms with Gasteiger partial charge < -0.3 is 9.52 Å². The number of aliphatic hydroxyl groups is 1. The molecule has 3 aromatic rings. The molecule has 0 spiro atoms. The number of aliphatic hydroxyl groups excluding tert-OH is 1. The number of nitrogens with zero attached hydrogens (tertiary/aromatic N) is 2. The van der Waals surface area contributed by atoms with Crippen molar-refractivity contribution >= 4 is 11.8 Å². The molecule has 1 N–H and O–H groups in total. The molecule has 1 unspecified atom stereocenters. The summed E-state index contributed by atoms with van der Waals surface area (Å²) in [5.74, 6) is 1.78. The van der Waals surface area contributed by atoms with Crippen LogP contribution in [0.5, 0.6) is 0 Å². The fourth-order valence-corrected chi connectivity index (χ4v) is 3.16. The van der Waals surface area contributed by atoms with Gasteiger partial charge in [-0.2, -0.15) is 0 Å². The highest BCUT2D eigenvalue weighted by molar-refractivity contribution is 7.98. The van der Waals surface area contributed by atoms with E-state index in [2.05, 4.69) is 29.3 Å². The second-order valence-electron chi connectivity index (χ2n) is 5.74. The van der Waals surface area contributed by atoms with Crippen LogP contribution in [0.4, 0.5) is 0 Å². The molecule has 0 aliphatic rings. The largest absolute Gasteiger partial charge is 0.416 e. The van der Waals surface area contributed by atoms with Gasteiger partial charge in [0.25, 0.3) is 5.22 Å².